The topological polar surface area (TPSA) is 59.1 Å². The molecule has 0 aromatic carbocycles. The van der Waals surface area contributed by atoms with Crippen LogP contribution < -0.4 is 0 Å². The first kappa shape index (κ1) is 26.9. The smallest absolute Gasteiger partial charge is 0.226 e. The molecule has 1 aliphatic carbocycles. The number of aliphatic hydroxyl groups is 1. The van der Waals surface area contributed by atoms with E-state index in [2.05, 4.69) is 34.6 Å². The van der Waals surface area contributed by atoms with Gasteiger partial charge >= 0.3 is 0 Å². The third-order valence-electron chi connectivity index (χ3n) is 9.06. The average Bonchev–Trinajstić information content (AvgIpc) is 3.31. The molecule has 0 unspecified atom stereocenters. The molecule has 0 bridgehead atoms. The number of ketones is 1. The van der Waals surface area contributed by atoms with Gasteiger partial charge in [0.05, 0.1) is 5.60 Å². The number of carbonyl (C=O) groups is 1. The third-order valence-corrected chi connectivity index (χ3v) is 9.06. The summed E-state index contributed by atoms with van der Waals surface area (Å²) in [6, 6.07) is 0. The van der Waals surface area contributed by atoms with Crippen molar-refractivity contribution in [2.45, 2.75) is 149 Å². The molecule has 33 heavy (non-hydrogen) atoms. The second-order valence-electron chi connectivity index (χ2n) is 12.7. The molecule has 2 saturated heterocycles. The Kier molecular flexibility index (Phi) is 7.94. The zero-order valence-electron chi connectivity index (χ0n) is 22.7. The van der Waals surface area contributed by atoms with Gasteiger partial charge in [-0.15, -0.1) is 0 Å². The summed E-state index contributed by atoms with van der Waals surface area (Å²) in [5, 5.41) is 10.9. The lowest BCUT2D eigenvalue weighted by Crippen LogP contribution is -2.59. The molecule has 0 aromatic heterocycles. The maximum atomic E-state index is 12.7. The summed E-state index contributed by atoms with van der Waals surface area (Å²) in [5.41, 5.74) is -1.21. The first-order valence-corrected chi connectivity index (χ1v) is 13.7. The molecule has 190 valence electrons. The van der Waals surface area contributed by atoms with Crippen molar-refractivity contribution >= 4 is 5.78 Å². The fourth-order valence-electron chi connectivity index (χ4n) is 6.29. The van der Waals surface area contributed by atoms with E-state index in [1.54, 1.807) is 6.92 Å². The Balaban J connectivity index is 1.43. The van der Waals surface area contributed by atoms with E-state index in [1.165, 1.54) is 44.9 Å². The normalized spacial score (nSPS) is 37.7. The number of hydrogen-bond acceptors (Lipinski definition) is 4. The Morgan fingerprint density at radius 2 is 1.42 bits per heavy atom. The minimum absolute atomic E-state index is 0.219. The van der Waals surface area contributed by atoms with Crippen LogP contribution in [0.4, 0.5) is 0 Å². The van der Waals surface area contributed by atoms with Crippen molar-refractivity contribution < 1.29 is 19.4 Å². The van der Waals surface area contributed by atoms with E-state index < -0.39 is 17.0 Å². The molecule has 3 aliphatic rings. The van der Waals surface area contributed by atoms with Gasteiger partial charge in [0.2, 0.25) is 5.79 Å². The van der Waals surface area contributed by atoms with Crippen LogP contribution in [0.25, 0.3) is 0 Å². The molecule has 1 N–H and O–H groups in total. The second kappa shape index (κ2) is 9.74. The van der Waals surface area contributed by atoms with Gasteiger partial charge in [-0.2, -0.15) is 0 Å². The molecule has 2 aliphatic heterocycles. The van der Waals surface area contributed by atoms with E-state index >= 15 is 0 Å². The highest BCUT2D eigenvalue weighted by molar-refractivity contribution is 6.05. The predicted molar refractivity (Wildman–Crippen MR) is 134 cm³/mol. The number of Topliss-reactive ketones (excluding diaryl/α,β-unsaturated/α-hetero) is 1. The van der Waals surface area contributed by atoms with Crippen LogP contribution in [0.3, 0.4) is 0 Å². The number of epoxide rings is 1. The molecule has 2 fully saturated rings. The molecular weight excluding hydrogens is 412 g/mol. The zero-order valence-corrected chi connectivity index (χ0v) is 22.7. The highest BCUT2D eigenvalue weighted by atomic mass is 16.8. The van der Waals surface area contributed by atoms with Crippen LogP contribution in [0.2, 0.25) is 0 Å². The highest BCUT2D eigenvalue weighted by Crippen LogP contribution is 2.67. The summed E-state index contributed by atoms with van der Waals surface area (Å²) in [6.45, 7) is 16.8. The molecule has 0 radical (unpaired) electrons. The van der Waals surface area contributed by atoms with E-state index in [4.69, 9.17) is 9.47 Å². The standard InChI is InChI=1S/C29H50O4/c1-20(2)12-9-13-21(3)14-10-15-22(4)16-11-18-26(6)19-17-24-23(5)25(30)27(7,31)28(8)29(24,32-26)33-28/h20-22,31H,9-19H2,1-8H3/t21-,22-,26-,27+,28-,29+/m1/s1. The summed E-state index contributed by atoms with van der Waals surface area (Å²) in [6.07, 6.45) is 13.2. The number of rotatable bonds is 12. The first-order chi connectivity index (χ1) is 15.3. The van der Waals surface area contributed by atoms with Crippen molar-refractivity contribution in [1.29, 1.82) is 0 Å². The zero-order chi connectivity index (χ0) is 24.7. The molecule has 2 heterocycles. The molecule has 4 nitrogen and oxygen atoms in total. The SMILES string of the molecule is CC1=C2CC[C@@](C)(CCC[C@H](C)CCC[C@H](C)CCCC(C)C)O[C@]23O[C@]3(C)[C@@](C)(O)C1=O. The number of ether oxygens (including phenoxy) is 2. The van der Waals surface area contributed by atoms with Gasteiger partial charge < -0.3 is 14.6 Å². The van der Waals surface area contributed by atoms with Crippen molar-refractivity contribution in [3.63, 3.8) is 0 Å². The second-order valence-corrected chi connectivity index (χ2v) is 12.7. The Labute approximate surface area is 202 Å². The van der Waals surface area contributed by atoms with Gasteiger partial charge in [0.15, 0.2) is 17.0 Å². The minimum Gasteiger partial charge on any atom is -0.379 e. The molecule has 0 amide bonds. The van der Waals surface area contributed by atoms with Crippen molar-refractivity contribution in [3.8, 4) is 0 Å². The number of carbonyl (C=O) groups excluding carboxylic acids is 1. The van der Waals surface area contributed by atoms with Crippen LogP contribution in [0.15, 0.2) is 11.1 Å². The fraction of sp³-hybridized carbons (Fsp3) is 0.897. The van der Waals surface area contributed by atoms with Crippen molar-refractivity contribution in [2.24, 2.45) is 17.8 Å². The maximum Gasteiger partial charge on any atom is 0.226 e. The lowest BCUT2D eigenvalue weighted by molar-refractivity contribution is -0.165. The van der Waals surface area contributed by atoms with Crippen LogP contribution in [-0.2, 0) is 14.3 Å². The Bertz CT molecular complexity index is 753. The van der Waals surface area contributed by atoms with Crippen molar-refractivity contribution in [3.05, 3.63) is 11.1 Å². The van der Waals surface area contributed by atoms with Gasteiger partial charge in [0, 0.05) is 0 Å². The van der Waals surface area contributed by atoms with Gasteiger partial charge in [-0.05, 0) is 75.9 Å². The highest BCUT2D eigenvalue weighted by Gasteiger charge is 2.83. The molecule has 4 heteroatoms. The summed E-state index contributed by atoms with van der Waals surface area (Å²) < 4.78 is 12.8. The minimum atomic E-state index is -1.54. The fourth-order valence-corrected chi connectivity index (χ4v) is 6.29. The van der Waals surface area contributed by atoms with Crippen LogP contribution in [0.5, 0.6) is 0 Å². The van der Waals surface area contributed by atoms with E-state index in [9.17, 15) is 9.90 Å². The summed E-state index contributed by atoms with van der Waals surface area (Å²) >= 11 is 0. The monoisotopic (exact) mass is 462 g/mol. The van der Waals surface area contributed by atoms with Gasteiger partial charge in [0.1, 0.15) is 0 Å². The third kappa shape index (κ3) is 5.14. The summed E-state index contributed by atoms with van der Waals surface area (Å²) in [7, 11) is 0. The quantitative estimate of drug-likeness (QED) is 0.313. The Hall–Kier alpha value is -0.710. The maximum absolute atomic E-state index is 12.7. The van der Waals surface area contributed by atoms with E-state index in [0.717, 1.165) is 49.0 Å². The molecule has 0 aromatic rings. The molecule has 1 spiro atoms. The van der Waals surface area contributed by atoms with Crippen LogP contribution in [0, 0.1) is 17.8 Å². The molecular formula is C29H50O4. The largest absolute Gasteiger partial charge is 0.379 e. The van der Waals surface area contributed by atoms with Crippen LogP contribution >= 0.6 is 0 Å². The lowest BCUT2D eigenvalue weighted by Gasteiger charge is -2.45. The van der Waals surface area contributed by atoms with E-state index in [-0.39, 0.29) is 11.4 Å². The average molecular weight is 463 g/mol. The Morgan fingerprint density at radius 3 is 2.00 bits per heavy atom. The molecule has 6 atom stereocenters. The van der Waals surface area contributed by atoms with Gasteiger partial charge in [-0.1, -0.05) is 79.1 Å². The Morgan fingerprint density at radius 1 is 0.879 bits per heavy atom. The number of hydrogen-bond donors (Lipinski definition) is 1. The molecule has 3 rings (SSSR count). The van der Waals surface area contributed by atoms with Crippen LogP contribution in [-0.4, -0.2) is 33.5 Å². The summed E-state index contributed by atoms with van der Waals surface area (Å²) in [5.74, 6) is 1.28. The van der Waals surface area contributed by atoms with Gasteiger partial charge in [0.25, 0.3) is 0 Å². The predicted octanol–water partition coefficient (Wildman–Crippen LogP) is 7.13. The van der Waals surface area contributed by atoms with Crippen molar-refractivity contribution in [1.82, 2.24) is 0 Å². The van der Waals surface area contributed by atoms with Gasteiger partial charge in [-0.25, -0.2) is 0 Å². The first-order valence-electron chi connectivity index (χ1n) is 13.7. The van der Waals surface area contributed by atoms with Gasteiger partial charge in [-0.3, -0.25) is 4.79 Å². The summed E-state index contributed by atoms with van der Waals surface area (Å²) in [4.78, 5) is 12.7. The lowest BCUT2D eigenvalue weighted by atomic mass is 9.68. The van der Waals surface area contributed by atoms with Crippen molar-refractivity contribution in [2.75, 3.05) is 0 Å². The van der Waals surface area contributed by atoms with E-state index in [1.807, 2.05) is 13.8 Å². The van der Waals surface area contributed by atoms with Crippen LogP contribution in [0.1, 0.15) is 126 Å². The van der Waals surface area contributed by atoms with E-state index in [0.29, 0.717) is 5.57 Å². The molecule has 0 saturated carbocycles.